The standard InChI is InChI=1S/C16H22N2O4/c1-16(2,3)12-8-6-10-5-7-11(9-13(19)22-4)17-14(10)18(12)15(20)21/h5,7,12H,6,8-9H2,1-4H3,(H,20,21). The summed E-state index contributed by atoms with van der Waals surface area (Å²) in [6, 6.07) is 3.47. The van der Waals surface area contributed by atoms with Gasteiger partial charge in [-0.2, -0.15) is 0 Å². The van der Waals surface area contributed by atoms with Gasteiger partial charge in [0.25, 0.3) is 0 Å². The molecule has 0 spiro atoms. The second-order valence-corrected chi connectivity index (χ2v) is 6.61. The van der Waals surface area contributed by atoms with Crippen LogP contribution in [0.3, 0.4) is 0 Å². The van der Waals surface area contributed by atoms with Gasteiger partial charge in [-0.3, -0.25) is 9.69 Å². The zero-order valence-electron chi connectivity index (χ0n) is 13.4. The first-order chi connectivity index (χ1) is 10.2. The molecule has 0 bridgehead atoms. The van der Waals surface area contributed by atoms with E-state index in [1.807, 2.05) is 26.8 Å². The molecule has 0 saturated carbocycles. The third-order valence-electron chi connectivity index (χ3n) is 4.00. The molecular weight excluding hydrogens is 284 g/mol. The number of aromatic nitrogens is 1. The van der Waals surface area contributed by atoms with Crippen LogP contribution in [-0.2, 0) is 22.4 Å². The van der Waals surface area contributed by atoms with Crippen LogP contribution in [-0.4, -0.2) is 35.3 Å². The fourth-order valence-electron chi connectivity index (χ4n) is 2.85. The Hall–Kier alpha value is -2.11. The smallest absolute Gasteiger partial charge is 0.413 e. The van der Waals surface area contributed by atoms with Crippen molar-refractivity contribution in [1.82, 2.24) is 4.98 Å². The first kappa shape index (κ1) is 16.3. The number of carbonyl (C=O) groups excluding carboxylic acids is 1. The molecule has 2 heterocycles. The van der Waals surface area contributed by atoms with E-state index in [4.69, 9.17) is 0 Å². The van der Waals surface area contributed by atoms with Crippen molar-refractivity contribution in [2.45, 2.75) is 46.1 Å². The van der Waals surface area contributed by atoms with E-state index in [0.29, 0.717) is 11.5 Å². The highest BCUT2D eigenvalue weighted by Crippen LogP contribution is 2.37. The Bertz CT molecular complexity index is 592. The number of anilines is 1. The van der Waals surface area contributed by atoms with Gasteiger partial charge >= 0.3 is 12.1 Å². The van der Waals surface area contributed by atoms with Crippen LogP contribution in [0.25, 0.3) is 0 Å². The van der Waals surface area contributed by atoms with Gasteiger partial charge in [0, 0.05) is 6.04 Å². The first-order valence-electron chi connectivity index (χ1n) is 7.32. The maximum Gasteiger partial charge on any atom is 0.413 e. The number of hydrogen-bond acceptors (Lipinski definition) is 4. The zero-order valence-corrected chi connectivity index (χ0v) is 13.4. The van der Waals surface area contributed by atoms with Gasteiger partial charge in [-0.15, -0.1) is 0 Å². The molecule has 0 fully saturated rings. The number of nitrogens with zero attached hydrogens (tertiary/aromatic N) is 2. The molecule has 1 unspecified atom stereocenters. The lowest BCUT2D eigenvalue weighted by Gasteiger charge is -2.41. The SMILES string of the molecule is COC(=O)Cc1ccc2c(n1)N(C(=O)O)C(C(C)(C)C)CC2. The van der Waals surface area contributed by atoms with E-state index in [1.54, 1.807) is 6.07 Å². The second kappa shape index (κ2) is 5.94. The number of hydrogen-bond donors (Lipinski definition) is 1. The Labute approximate surface area is 130 Å². The van der Waals surface area contributed by atoms with Crippen LogP contribution in [0.5, 0.6) is 0 Å². The maximum absolute atomic E-state index is 11.8. The van der Waals surface area contributed by atoms with Crippen LogP contribution < -0.4 is 4.90 Å². The predicted molar refractivity (Wildman–Crippen MR) is 82.0 cm³/mol. The van der Waals surface area contributed by atoms with Crippen molar-refractivity contribution >= 4 is 17.9 Å². The van der Waals surface area contributed by atoms with Crippen LogP contribution in [0.4, 0.5) is 10.6 Å². The van der Waals surface area contributed by atoms with Crippen molar-refractivity contribution in [2.24, 2.45) is 5.41 Å². The second-order valence-electron chi connectivity index (χ2n) is 6.61. The molecule has 1 aromatic rings. The van der Waals surface area contributed by atoms with Crippen LogP contribution in [0.2, 0.25) is 0 Å². The molecular formula is C16H22N2O4. The van der Waals surface area contributed by atoms with E-state index >= 15 is 0 Å². The Morgan fingerprint density at radius 3 is 2.64 bits per heavy atom. The lowest BCUT2D eigenvalue weighted by molar-refractivity contribution is -0.139. The number of amides is 1. The van der Waals surface area contributed by atoms with Gasteiger partial charge in [0.05, 0.1) is 19.2 Å². The molecule has 0 aliphatic carbocycles. The van der Waals surface area contributed by atoms with Crippen molar-refractivity contribution in [3.8, 4) is 0 Å². The summed E-state index contributed by atoms with van der Waals surface area (Å²) in [7, 11) is 1.32. The summed E-state index contributed by atoms with van der Waals surface area (Å²) in [5.41, 5.74) is 1.23. The topological polar surface area (TPSA) is 79.7 Å². The molecule has 6 heteroatoms. The van der Waals surface area contributed by atoms with Crippen molar-refractivity contribution in [3.05, 3.63) is 23.4 Å². The molecule has 1 aromatic heterocycles. The maximum atomic E-state index is 11.8. The molecule has 1 aliphatic rings. The van der Waals surface area contributed by atoms with Crippen LogP contribution >= 0.6 is 0 Å². The fourth-order valence-corrected chi connectivity index (χ4v) is 2.85. The summed E-state index contributed by atoms with van der Waals surface area (Å²) in [5, 5.41) is 9.63. The predicted octanol–water partition coefficient (Wildman–Crippen LogP) is 2.64. The summed E-state index contributed by atoms with van der Waals surface area (Å²) in [5.74, 6) is 0.0533. The number of fused-ring (bicyclic) bond motifs is 1. The molecule has 0 aromatic carbocycles. The highest BCUT2D eigenvalue weighted by Gasteiger charge is 2.39. The largest absolute Gasteiger partial charge is 0.469 e. The average Bonchev–Trinajstić information content (AvgIpc) is 2.44. The number of rotatable bonds is 2. The number of methoxy groups -OCH3 is 1. The number of carbonyl (C=O) groups is 2. The van der Waals surface area contributed by atoms with Crippen molar-refractivity contribution in [3.63, 3.8) is 0 Å². The number of ether oxygens (including phenoxy) is 1. The van der Waals surface area contributed by atoms with Gasteiger partial charge in [-0.1, -0.05) is 26.8 Å². The van der Waals surface area contributed by atoms with Gasteiger partial charge in [0.1, 0.15) is 5.82 Å². The minimum atomic E-state index is -1.01. The van der Waals surface area contributed by atoms with Crippen LogP contribution in [0.15, 0.2) is 12.1 Å². The van der Waals surface area contributed by atoms with Crippen LogP contribution in [0, 0.1) is 5.41 Å². The summed E-state index contributed by atoms with van der Waals surface area (Å²) in [6.45, 7) is 6.07. The Balaban J connectivity index is 2.43. The number of esters is 1. The molecule has 120 valence electrons. The third kappa shape index (κ3) is 3.21. The zero-order chi connectivity index (χ0) is 16.5. The van der Waals surface area contributed by atoms with Crippen molar-refractivity contribution < 1.29 is 19.4 Å². The van der Waals surface area contributed by atoms with E-state index in [1.165, 1.54) is 12.0 Å². The summed E-state index contributed by atoms with van der Waals surface area (Å²) < 4.78 is 4.64. The third-order valence-corrected chi connectivity index (χ3v) is 4.00. The van der Waals surface area contributed by atoms with Gasteiger partial charge in [0.2, 0.25) is 0 Å². The lowest BCUT2D eigenvalue weighted by Crippen LogP contribution is -2.50. The normalized spacial score (nSPS) is 17.8. The summed E-state index contributed by atoms with van der Waals surface area (Å²) >= 11 is 0. The Morgan fingerprint density at radius 2 is 2.09 bits per heavy atom. The average molecular weight is 306 g/mol. The molecule has 1 aliphatic heterocycles. The summed E-state index contributed by atoms with van der Waals surface area (Å²) in [6.07, 6.45) is 0.578. The molecule has 22 heavy (non-hydrogen) atoms. The van der Waals surface area contributed by atoms with Gasteiger partial charge < -0.3 is 9.84 Å². The van der Waals surface area contributed by atoms with E-state index < -0.39 is 12.1 Å². The van der Waals surface area contributed by atoms with E-state index in [-0.39, 0.29) is 17.9 Å². The monoisotopic (exact) mass is 306 g/mol. The molecule has 2 rings (SSSR count). The highest BCUT2D eigenvalue weighted by atomic mass is 16.5. The molecule has 0 saturated heterocycles. The number of aryl methyl sites for hydroxylation is 1. The Kier molecular flexibility index (Phi) is 4.39. The van der Waals surface area contributed by atoms with Crippen LogP contribution in [0.1, 0.15) is 38.4 Å². The fraction of sp³-hybridized carbons (Fsp3) is 0.562. The molecule has 6 nitrogen and oxygen atoms in total. The van der Waals surface area contributed by atoms with E-state index in [2.05, 4.69) is 9.72 Å². The number of carboxylic acid groups (broad SMARTS) is 1. The molecule has 1 amide bonds. The lowest BCUT2D eigenvalue weighted by atomic mass is 9.80. The van der Waals surface area contributed by atoms with E-state index in [0.717, 1.165) is 18.4 Å². The van der Waals surface area contributed by atoms with Gasteiger partial charge in [-0.25, -0.2) is 9.78 Å². The van der Waals surface area contributed by atoms with Gasteiger partial charge in [0.15, 0.2) is 0 Å². The van der Waals surface area contributed by atoms with Crippen molar-refractivity contribution in [1.29, 1.82) is 0 Å². The van der Waals surface area contributed by atoms with E-state index in [9.17, 15) is 14.7 Å². The summed E-state index contributed by atoms with van der Waals surface area (Å²) in [4.78, 5) is 28.9. The quantitative estimate of drug-likeness (QED) is 0.850. The molecule has 1 N–H and O–H groups in total. The number of pyridine rings is 1. The van der Waals surface area contributed by atoms with Gasteiger partial charge in [-0.05, 0) is 29.9 Å². The highest BCUT2D eigenvalue weighted by molar-refractivity contribution is 5.87. The molecule has 1 atom stereocenters. The van der Waals surface area contributed by atoms with Crippen molar-refractivity contribution in [2.75, 3.05) is 12.0 Å². The molecule has 0 radical (unpaired) electrons. The Morgan fingerprint density at radius 1 is 1.41 bits per heavy atom. The minimum absolute atomic E-state index is 0.0391. The minimum Gasteiger partial charge on any atom is -0.469 e. The first-order valence-corrected chi connectivity index (χ1v) is 7.32.